The summed E-state index contributed by atoms with van der Waals surface area (Å²) in [6.45, 7) is 8.62. The number of amides is 2. The predicted octanol–water partition coefficient (Wildman–Crippen LogP) is 4.31. The SMILES string of the molecule is CCC(C)(NC(=O)OCC1c2ccccc2-c2ccccc21)C(=O)N[C@H](C(=O)O)C(C)(C)C. The van der Waals surface area contributed by atoms with Crippen molar-refractivity contribution < 1.29 is 24.2 Å². The Balaban J connectivity index is 1.69. The summed E-state index contributed by atoms with van der Waals surface area (Å²) in [4.78, 5) is 37.3. The third-order valence-electron chi connectivity index (χ3n) is 6.32. The largest absolute Gasteiger partial charge is 0.480 e. The van der Waals surface area contributed by atoms with E-state index in [4.69, 9.17) is 4.74 Å². The average Bonchev–Trinajstić information content (AvgIpc) is 3.08. The van der Waals surface area contributed by atoms with E-state index < -0.39 is 35.0 Å². The quantitative estimate of drug-likeness (QED) is 0.581. The van der Waals surface area contributed by atoms with Crippen LogP contribution in [0.25, 0.3) is 11.1 Å². The molecule has 1 aliphatic carbocycles. The fourth-order valence-electron chi connectivity index (χ4n) is 4.10. The lowest BCUT2D eigenvalue weighted by molar-refractivity contribution is -0.146. The van der Waals surface area contributed by atoms with E-state index in [1.807, 2.05) is 36.4 Å². The van der Waals surface area contributed by atoms with Crippen LogP contribution in [-0.2, 0) is 14.3 Å². The first-order valence-corrected chi connectivity index (χ1v) is 11.1. The van der Waals surface area contributed by atoms with Gasteiger partial charge >= 0.3 is 12.1 Å². The summed E-state index contributed by atoms with van der Waals surface area (Å²) in [6.07, 6.45) is -0.460. The van der Waals surface area contributed by atoms with Gasteiger partial charge in [0.2, 0.25) is 5.91 Å². The zero-order valence-electron chi connectivity index (χ0n) is 19.8. The van der Waals surface area contributed by atoms with Gasteiger partial charge in [0.25, 0.3) is 0 Å². The van der Waals surface area contributed by atoms with Gasteiger partial charge in [0, 0.05) is 5.92 Å². The second kappa shape index (κ2) is 9.25. The molecular formula is C26H32N2O5. The van der Waals surface area contributed by atoms with Crippen LogP contribution in [0.2, 0.25) is 0 Å². The summed E-state index contributed by atoms with van der Waals surface area (Å²) in [7, 11) is 0. The molecule has 3 rings (SSSR count). The lowest BCUT2D eigenvalue weighted by atomic mass is 9.85. The van der Waals surface area contributed by atoms with E-state index >= 15 is 0 Å². The van der Waals surface area contributed by atoms with Crippen molar-refractivity contribution in [1.29, 1.82) is 0 Å². The Bertz CT molecular complexity index is 1010. The van der Waals surface area contributed by atoms with Crippen LogP contribution in [0.15, 0.2) is 48.5 Å². The second-order valence-electron chi connectivity index (χ2n) is 9.75. The van der Waals surface area contributed by atoms with Crippen LogP contribution in [0.5, 0.6) is 0 Å². The van der Waals surface area contributed by atoms with Crippen molar-refractivity contribution in [2.75, 3.05) is 6.61 Å². The maximum Gasteiger partial charge on any atom is 0.408 e. The molecule has 2 atom stereocenters. The number of fused-ring (bicyclic) bond motifs is 3. The maximum absolute atomic E-state index is 12.9. The number of rotatable bonds is 7. The van der Waals surface area contributed by atoms with Gasteiger partial charge < -0.3 is 20.5 Å². The van der Waals surface area contributed by atoms with Crippen LogP contribution in [0.3, 0.4) is 0 Å². The fraction of sp³-hybridized carbons (Fsp3) is 0.423. The molecule has 2 aromatic rings. The number of aliphatic carboxylic acids is 1. The number of carbonyl (C=O) groups excluding carboxylic acids is 2. The molecule has 176 valence electrons. The van der Waals surface area contributed by atoms with Crippen LogP contribution in [-0.4, -0.2) is 41.3 Å². The van der Waals surface area contributed by atoms with Gasteiger partial charge in [-0.1, -0.05) is 76.2 Å². The van der Waals surface area contributed by atoms with Crippen molar-refractivity contribution >= 4 is 18.0 Å². The molecule has 0 bridgehead atoms. The number of ether oxygens (including phenoxy) is 1. The average molecular weight is 453 g/mol. The lowest BCUT2D eigenvalue weighted by Crippen LogP contribution is -2.61. The first kappa shape index (κ1) is 24.3. The molecular weight excluding hydrogens is 420 g/mol. The summed E-state index contributed by atoms with van der Waals surface area (Å²) in [5.74, 6) is -1.79. The Kier molecular flexibility index (Phi) is 6.81. The van der Waals surface area contributed by atoms with Gasteiger partial charge in [-0.05, 0) is 41.0 Å². The number of carboxylic acids is 1. The standard InChI is InChI=1S/C26H32N2O5/c1-6-26(5,23(31)27-21(22(29)30)25(2,3)4)28-24(32)33-15-20-18-13-9-7-11-16(18)17-12-8-10-14-19(17)20/h7-14,20-21H,6,15H2,1-5H3,(H,27,31)(H,28,32)(H,29,30)/t21-,26?/m1/s1. The van der Waals surface area contributed by atoms with E-state index in [0.29, 0.717) is 0 Å². The highest BCUT2D eigenvalue weighted by Gasteiger charge is 2.40. The predicted molar refractivity (Wildman–Crippen MR) is 126 cm³/mol. The Hall–Kier alpha value is -3.35. The molecule has 0 heterocycles. The highest BCUT2D eigenvalue weighted by atomic mass is 16.5. The Labute approximate surface area is 194 Å². The summed E-state index contributed by atoms with van der Waals surface area (Å²) in [5, 5.41) is 14.7. The Morgan fingerprint density at radius 1 is 0.970 bits per heavy atom. The van der Waals surface area contributed by atoms with E-state index in [2.05, 4.69) is 22.8 Å². The second-order valence-corrected chi connectivity index (χ2v) is 9.75. The fourth-order valence-corrected chi connectivity index (χ4v) is 4.10. The molecule has 0 fully saturated rings. The topological polar surface area (TPSA) is 105 Å². The van der Waals surface area contributed by atoms with Crippen LogP contribution in [0.4, 0.5) is 4.79 Å². The van der Waals surface area contributed by atoms with Crippen molar-refractivity contribution in [3.05, 3.63) is 59.7 Å². The minimum absolute atomic E-state index is 0.0952. The molecule has 0 aromatic heterocycles. The zero-order valence-corrected chi connectivity index (χ0v) is 19.8. The smallest absolute Gasteiger partial charge is 0.408 e. The monoisotopic (exact) mass is 452 g/mol. The Morgan fingerprint density at radius 2 is 1.48 bits per heavy atom. The molecule has 7 nitrogen and oxygen atoms in total. The third-order valence-corrected chi connectivity index (χ3v) is 6.32. The first-order valence-electron chi connectivity index (χ1n) is 11.1. The van der Waals surface area contributed by atoms with E-state index in [9.17, 15) is 19.5 Å². The summed E-state index contributed by atoms with van der Waals surface area (Å²) < 4.78 is 5.56. The van der Waals surface area contributed by atoms with Crippen LogP contribution in [0.1, 0.15) is 58.1 Å². The first-order chi connectivity index (χ1) is 15.5. The Morgan fingerprint density at radius 3 is 1.94 bits per heavy atom. The maximum atomic E-state index is 12.9. The van der Waals surface area contributed by atoms with Gasteiger partial charge in [-0.2, -0.15) is 0 Å². The van der Waals surface area contributed by atoms with Gasteiger partial charge in [0.05, 0.1) is 0 Å². The molecule has 3 N–H and O–H groups in total. The molecule has 7 heteroatoms. The summed E-state index contributed by atoms with van der Waals surface area (Å²) >= 11 is 0. The van der Waals surface area contributed by atoms with E-state index in [-0.39, 0.29) is 18.9 Å². The van der Waals surface area contributed by atoms with Gasteiger partial charge in [0.15, 0.2) is 0 Å². The number of hydrogen-bond donors (Lipinski definition) is 3. The van der Waals surface area contributed by atoms with Crippen molar-refractivity contribution in [1.82, 2.24) is 10.6 Å². The highest BCUT2D eigenvalue weighted by Crippen LogP contribution is 2.44. The van der Waals surface area contributed by atoms with Gasteiger partial charge in [0.1, 0.15) is 18.2 Å². The zero-order chi connectivity index (χ0) is 24.4. The minimum Gasteiger partial charge on any atom is -0.480 e. The number of carbonyl (C=O) groups is 3. The number of benzene rings is 2. The molecule has 33 heavy (non-hydrogen) atoms. The number of hydrogen-bond acceptors (Lipinski definition) is 4. The van der Waals surface area contributed by atoms with Crippen LogP contribution >= 0.6 is 0 Å². The van der Waals surface area contributed by atoms with Crippen molar-refractivity contribution in [2.24, 2.45) is 5.41 Å². The number of carboxylic acid groups (broad SMARTS) is 1. The molecule has 1 unspecified atom stereocenters. The molecule has 0 spiro atoms. The molecule has 2 amide bonds. The number of nitrogens with one attached hydrogen (secondary N) is 2. The lowest BCUT2D eigenvalue weighted by Gasteiger charge is -2.33. The summed E-state index contributed by atoms with van der Waals surface area (Å²) in [5.41, 5.74) is 2.43. The molecule has 0 saturated heterocycles. The van der Waals surface area contributed by atoms with E-state index in [1.54, 1.807) is 34.6 Å². The van der Waals surface area contributed by atoms with Crippen molar-refractivity contribution in [3.8, 4) is 11.1 Å². The molecule has 2 aromatic carbocycles. The van der Waals surface area contributed by atoms with Crippen molar-refractivity contribution in [2.45, 2.75) is 58.5 Å². The number of alkyl carbamates (subject to hydrolysis) is 1. The summed E-state index contributed by atoms with van der Waals surface area (Å²) in [6, 6.07) is 15.0. The third kappa shape index (κ3) is 5.02. The van der Waals surface area contributed by atoms with Gasteiger partial charge in [-0.25, -0.2) is 9.59 Å². The van der Waals surface area contributed by atoms with Crippen LogP contribution < -0.4 is 10.6 Å². The minimum atomic E-state index is -1.32. The molecule has 0 aliphatic heterocycles. The van der Waals surface area contributed by atoms with Gasteiger partial charge in [-0.15, -0.1) is 0 Å². The van der Waals surface area contributed by atoms with Gasteiger partial charge in [-0.3, -0.25) is 4.79 Å². The molecule has 1 aliphatic rings. The van der Waals surface area contributed by atoms with E-state index in [0.717, 1.165) is 22.3 Å². The highest BCUT2D eigenvalue weighted by molar-refractivity contribution is 5.92. The molecule has 0 radical (unpaired) electrons. The van der Waals surface area contributed by atoms with E-state index in [1.165, 1.54) is 0 Å². The normalized spacial score (nSPS) is 15.5. The van der Waals surface area contributed by atoms with Crippen molar-refractivity contribution in [3.63, 3.8) is 0 Å². The molecule has 0 saturated carbocycles. The van der Waals surface area contributed by atoms with Crippen LogP contribution in [0, 0.1) is 5.41 Å².